The third-order valence-electron chi connectivity index (χ3n) is 4.24. The van der Waals surface area contributed by atoms with Crippen molar-refractivity contribution in [2.75, 3.05) is 0 Å². The number of nitrogens with zero attached hydrogens (tertiary/aromatic N) is 3. The first-order valence-electron chi connectivity index (χ1n) is 8.49. The van der Waals surface area contributed by atoms with Crippen LogP contribution in [0.2, 0.25) is 0 Å². The number of aromatic amines is 1. The molecule has 0 fully saturated rings. The minimum atomic E-state index is -0.238. The lowest BCUT2D eigenvalue weighted by molar-refractivity contribution is 0.728. The smallest absolute Gasteiger partial charge is 0.266 e. The first-order valence-corrected chi connectivity index (χ1v) is 9.47. The van der Waals surface area contributed by atoms with E-state index in [0.717, 1.165) is 23.4 Å². The summed E-state index contributed by atoms with van der Waals surface area (Å²) in [5.74, 6) is 0.759. The molecule has 5 nitrogen and oxygen atoms in total. The van der Waals surface area contributed by atoms with Crippen molar-refractivity contribution < 1.29 is 0 Å². The van der Waals surface area contributed by atoms with Gasteiger partial charge in [0.1, 0.15) is 5.52 Å². The highest BCUT2D eigenvalue weighted by molar-refractivity contribution is 7.98. The van der Waals surface area contributed by atoms with Gasteiger partial charge in [-0.15, -0.1) is 5.10 Å². The van der Waals surface area contributed by atoms with Gasteiger partial charge in [-0.05, 0) is 23.6 Å². The Morgan fingerprint density at radius 2 is 1.81 bits per heavy atom. The third kappa shape index (κ3) is 3.28. The van der Waals surface area contributed by atoms with E-state index in [2.05, 4.69) is 46.5 Å². The number of H-pyrrole nitrogens is 1. The first-order chi connectivity index (χ1) is 12.7. The number of thioether (sulfide) groups is 1. The molecular formula is C20H18N4OS. The van der Waals surface area contributed by atoms with Gasteiger partial charge in [0.05, 0.1) is 5.69 Å². The SMILES string of the molecule is CCc1ccc(-c2cc3c(=O)[nH]nc(SCc4ccccc4)n3n2)cc1. The average molecular weight is 362 g/mol. The molecule has 0 aliphatic rings. The Hall–Kier alpha value is -2.86. The van der Waals surface area contributed by atoms with Crippen molar-refractivity contribution in [2.24, 2.45) is 0 Å². The number of nitrogens with one attached hydrogen (secondary N) is 1. The molecule has 0 aliphatic carbocycles. The molecule has 0 unspecified atom stereocenters. The Kier molecular flexibility index (Phi) is 4.58. The van der Waals surface area contributed by atoms with Crippen LogP contribution in [0.3, 0.4) is 0 Å². The lowest BCUT2D eigenvalue weighted by Gasteiger charge is -2.03. The van der Waals surface area contributed by atoms with Gasteiger partial charge in [0.2, 0.25) is 5.16 Å². The Morgan fingerprint density at radius 1 is 1.04 bits per heavy atom. The molecule has 0 saturated carbocycles. The van der Waals surface area contributed by atoms with Crippen LogP contribution in [0.5, 0.6) is 0 Å². The van der Waals surface area contributed by atoms with Gasteiger partial charge in [-0.25, -0.2) is 9.61 Å². The van der Waals surface area contributed by atoms with E-state index < -0.39 is 0 Å². The largest absolute Gasteiger partial charge is 0.290 e. The second-order valence-electron chi connectivity index (χ2n) is 5.99. The van der Waals surface area contributed by atoms with Gasteiger partial charge in [0, 0.05) is 11.3 Å². The Morgan fingerprint density at radius 3 is 2.54 bits per heavy atom. The molecule has 2 aromatic heterocycles. The van der Waals surface area contributed by atoms with E-state index in [4.69, 9.17) is 0 Å². The van der Waals surface area contributed by atoms with Crippen LogP contribution < -0.4 is 5.56 Å². The maximum atomic E-state index is 12.2. The van der Waals surface area contributed by atoms with Crippen molar-refractivity contribution in [1.29, 1.82) is 0 Å². The molecule has 2 heterocycles. The summed E-state index contributed by atoms with van der Waals surface area (Å²) < 4.78 is 1.63. The molecule has 0 spiro atoms. The summed E-state index contributed by atoms with van der Waals surface area (Å²) in [4.78, 5) is 12.2. The zero-order valence-electron chi connectivity index (χ0n) is 14.3. The minimum absolute atomic E-state index is 0.238. The number of hydrogen-bond donors (Lipinski definition) is 1. The molecule has 1 N–H and O–H groups in total. The first kappa shape index (κ1) is 16.6. The fourth-order valence-corrected chi connectivity index (χ4v) is 3.62. The van der Waals surface area contributed by atoms with E-state index >= 15 is 0 Å². The summed E-state index contributed by atoms with van der Waals surface area (Å²) >= 11 is 1.55. The fourth-order valence-electron chi connectivity index (χ4n) is 2.76. The zero-order chi connectivity index (χ0) is 17.9. The predicted molar refractivity (Wildman–Crippen MR) is 104 cm³/mol. The minimum Gasteiger partial charge on any atom is -0.266 e. The predicted octanol–water partition coefficient (Wildman–Crippen LogP) is 3.94. The molecule has 0 amide bonds. The summed E-state index contributed by atoms with van der Waals surface area (Å²) in [5, 5.41) is 12.0. The van der Waals surface area contributed by atoms with Crippen LogP contribution in [0.25, 0.3) is 16.8 Å². The Balaban J connectivity index is 1.69. The molecule has 26 heavy (non-hydrogen) atoms. The van der Waals surface area contributed by atoms with Crippen LogP contribution in [-0.2, 0) is 12.2 Å². The van der Waals surface area contributed by atoms with Crippen molar-refractivity contribution >= 4 is 17.3 Å². The van der Waals surface area contributed by atoms with Gasteiger partial charge in [0.15, 0.2) is 0 Å². The van der Waals surface area contributed by atoms with E-state index in [1.54, 1.807) is 16.3 Å². The lowest BCUT2D eigenvalue weighted by Crippen LogP contribution is -2.13. The second-order valence-corrected chi connectivity index (χ2v) is 6.93. The van der Waals surface area contributed by atoms with Crippen LogP contribution in [0, 0.1) is 0 Å². The van der Waals surface area contributed by atoms with Gasteiger partial charge in [-0.2, -0.15) is 5.10 Å². The van der Waals surface area contributed by atoms with Crippen LogP contribution in [0.4, 0.5) is 0 Å². The summed E-state index contributed by atoms with van der Waals surface area (Å²) in [6.45, 7) is 2.13. The Labute approximate surface area is 155 Å². The normalized spacial score (nSPS) is 11.1. The molecule has 0 aliphatic heterocycles. The highest BCUT2D eigenvalue weighted by Gasteiger charge is 2.12. The molecule has 0 radical (unpaired) electrons. The van der Waals surface area contributed by atoms with Crippen LogP contribution in [-0.4, -0.2) is 19.8 Å². The summed E-state index contributed by atoms with van der Waals surface area (Å²) in [6, 6.07) is 20.2. The molecule has 0 saturated heterocycles. The maximum absolute atomic E-state index is 12.2. The number of aryl methyl sites for hydroxylation is 1. The molecule has 4 aromatic rings. The van der Waals surface area contributed by atoms with Crippen LogP contribution in [0.15, 0.2) is 70.6 Å². The van der Waals surface area contributed by atoms with E-state index in [0.29, 0.717) is 10.7 Å². The summed E-state index contributed by atoms with van der Waals surface area (Å²) in [5.41, 5.74) is 4.50. The van der Waals surface area contributed by atoms with Gasteiger partial charge in [-0.1, -0.05) is 73.3 Å². The fraction of sp³-hybridized carbons (Fsp3) is 0.150. The molecule has 4 rings (SSSR count). The number of aromatic nitrogens is 4. The number of fused-ring (bicyclic) bond motifs is 1. The quantitative estimate of drug-likeness (QED) is 0.546. The van der Waals surface area contributed by atoms with Crippen molar-refractivity contribution in [3.63, 3.8) is 0 Å². The third-order valence-corrected chi connectivity index (χ3v) is 5.25. The monoisotopic (exact) mass is 362 g/mol. The summed E-state index contributed by atoms with van der Waals surface area (Å²) in [7, 11) is 0. The Bertz CT molecular complexity index is 1080. The molecule has 0 atom stereocenters. The van der Waals surface area contributed by atoms with E-state index in [-0.39, 0.29) is 5.56 Å². The van der Waals surface area contributed by atoms with E-state index in [1.165, 1.54) is 11.1 Å². The van der Waals surface area contributed by atoms with Crippen molar-refractivity contribution in [2.45, 2.75) is 24.3 Å². The molecule has 6 heteroatoms. The van der Waals surface area contributed by atoms with Crippen LogP contribution in [0.1, 0.15) is 18.1 Å². The van der Waals surface area contributed by atoms with Gasteiger partial charge < -0.3 is 0 Å². The molecule has 0 bridgehead atoms. The number of hydrogen-bond acceptors (Lipinski definition) is 4. The van der Waals surface area contributed by atoms with Crippen molar-refractivity contribution in [1.82, 2.24) is 19.8 Å². The average Bonchev–Trinajstić information content (AvgIpc) is 3.15. The maximum Gasteiger partial charge on any atom is 0.290 e. The molecular weight excluding hydrogens is 344 g/mol. The standard InChI is InChI=1S/C20H18N4OS/c1-2-14-8-10-16(11-9-14)17-12-18-19(25)21-22-20(24(18)23-17)26-13-15-6-4-3-5-7-15/h3-12H,2,13H2,1H3,(H,21,25). The van der Waals surface area contributed by atoms with Crippen molar-refractivity contribution in [3.8, 4) is 11.3 Å². The van der Waals surface area contributed by atoms with E-state index in [1.807, 2.05) is 36.4 Å². The van der Waals surface area contributed by atoms with E-state index in [9.17, 15) is 4.79 Å². The topological polar surface area (TPSA) is 63.0 Å². The van der Waals surface area contributed by atoms with Crippen LogP contribution >= 0.6 is 11.8 Å². The zero-order valence-corrected chi connectivity index (χ0v) is 15.2. The van der Waals surface area contributed by atoms with Gasteiger partial charge >= 0.3 is 0 Å². The molecule has 2 aromatic carbocycles. The lowest BCUT2D eigenvalue weighted by atomic mass is 10.1. The highest BCUT2D eigenvalue weighted by Crippen LogP contribution is 2.24. The second kappa shape index (κ2) is 7.17. The molecule has 130 valence electrons. The number of rotatable bonds is 5. The number of benzene rings is 2. The highest BCUT2D eigenvalue weighted by atomic mass is 32.2. The van der Waals surface area contributed by atoms with Gasteiger partial charge in [-0.3, -0.25) is 4.79 Å². The van der Waals surface area contributed by atoms with Gasteiger partial charge in [0.25, 0.3) is 5.56 Å². The van der Waals surface area contributed by atoms with Crippen molar-refractivity contribution in [3.05, 3.63) is 82.1 Å². The summed E-state index contributed by atoms with van der Waals surface area (Å²) in [6.07, 6.45) is 0.995.